The number of anilines is 1. The van der Waals surface area contributed by atoms with Crippen LogP contribution in [0.5, 0.6) is 0 Å². The zero-order valence-electron chi connectivity index (χ0n) is 16.7. The maximum atomic E-state index is 6.52. The van der Waals surface area contributed by atoms with Crippen molar-refractivity contribution in [1.82, 2.24) is 34.7 Å². The van der Waals surface area contributed by atoms with E-state index in [1.54, 1.807) is 11.0 Å². The number of morpholine rings is 1. The number of hydrogen-bond acceptors (Lipinski definition) is 7. The van der Waals surface area contributed by atoms with Crippen LogP contribution in [0.25, 0.3) is 22.4 Å². The topological polar surface area (TPSA) is 86.8 Å². The maximum absolute atomic E-state index is 6.52. The molecule has 0 bridgehead atoms. The van der Waals surface area contributed by atoms with Crippen molar-refractivity contribution >= 4 is 28.5 Å². The Hall–Kier alpha value is -3.04. The van der Waals surface area contributed by atoms with Crippen LogP contribution in [0.4, 0.5) is 5.82 Å². The van der Waals surface area contributed by atoms with E-state index < -0.39 is 0 Å². The maximum Gasteiger partial charge on any atom is 0.205 e. The third-order valence-electron chi connectivity index (χ3n) is 5.30. The molecule has 0 N–H and O–H groups in total. The number of nitrogens with zero attached hydrogens (tertiary/aromatic N) is 8. The summed E-state index contributed by atoms with van der Waals surface area (Å²) in [6.07, 6.45) is 1.43. The lowest BCUT2D eigenvalue weighted by molar-refractivity contribution is 0.0335. The number of tetrazole rings is 1. The van der Waals surface area contributed by atoms with Crippen molar-refractivity contribution < 1.29 is 4.74 Å². The smallest absolute Gasteiger partial charge is 0.205 e. The lowest BCUT2D eigenvalue weighted by Crippen LogP contribution is -2.39. The number of aromatic nitrogens is 7. The lowest BCUT2D eigenvalue weighted by Gasteiger charge is -2.32. The SMILES string of the molecule is CCn1nnc(C2CN(c3cc(-c4nc5ccccc5n4C)c(Cl)cn3)CCO2)n1. The highest BCUT2D eigenvalue weighted by Crippen LogP contribution is 2.33. The molecule has 0 saturated carbocycles. The third-order valence-corrected chi connectivity index (χ3v) is 5.60. The van der Waals surface area contributed by atoms with E-state index in [1.807, 2.05) is 44.3 Å². The number of ether oxygens (including phenoxy) is 1. The van der Waals surface area contributed by atoms with Crippen LogP contribution < -0.4 is 4.90 Å². The van der Waals surface area contributed by atoms with Crippen molar-refractivity contribution in [1.29, 1.82) is 0 Å². The number of fused-ring (bicyclic) bond motifs is 1. The fourth-order valence-corrected chi connectivity index (χ4v) is 3.88. The average molecular weight is 425 g/mol. The quantitative estimate of drug-likeness (QED) is 0.497. The monoisotopic (exact) mass is 424 g/mol. The van der Waals surface area contributed by atoms with Crippen molar-refractivity contribution in [3.63, 3.8) is 0 Å². The first-order valence-electron chi connectivity index (χ1n) is 9.85. The van der Waals surface area contributed by atoms with Gasteiger partial charge in [-0.2, -0.15) is 4.80 Å². The van der Waals surface area contributed by atoms with E-state index in [0.717, 1.165) is 34.8 Å². The van der Waals surface area contributed by atoms with E-state index >= 15 is 0 Å². The Balaban J connectivity index is 1.47. The summed E-state index contributed by atoms with van der Waals surface area (Å²) < 4.78 is 7.93. The first-order chi connectivity index (χ1) is 14.6. The number of pyridine rings is 1. The molecule has 5 rings (SSSR count). The molecule has 9 nitrogen and oxygen atoms in total. The second-order valence-corrected chi connectivity index (χ2v) is 7.55. The molecule has 0 amide bonds. The summed E-state index contributed by atoms with van der Waals surface area (Å²) in [5.41, 5.74) is 2.83. The first kappa shape index (κ1) is 19.0. The van der Waals surface area contributed by atoms with Gasteiger partial charge in [0.15, 0.2) is 0 Å². The van der Waals surface area contributed by atoms with Gasteiger partial charge in [0, 0.05) is 25.4 Å². The van der Waals surface area contributed by atoms with Gasteiger partial charge in [0.25, 0.3) is 0 Å². The second-order valence-electron chi connectivity index (χ2n) is 7.15. The van der Waals surface area contributed by atoms with E-state index in [-0.39, 0.29) is 6.10 Å². The minimum absolute atomic E-state index is 0.254. The van der Waals surface area contributed by atoms with Crippen LogP contribution in [-0.2, 0) is 18.3 Å². The van der Waals surface area contributed by atoms with Gasteiger partial charge in [0.2, 0.25) is 5.82 Å². The lowest BCUT2D eigenvalue weighted by atomic mass is 10.2. The van der Waals surface area contributed by atoms with Gasteiger partial charge in [-0.3, -0.25) is 0 Å². The molecule has 0 spiro atoms. The van der Waals surface area contributed by atoms with Gasteiger partial charge in [0.05, 0.1) is 35.8 Å². The summed E-state index contributed by atoms with van der Waals surface area (Å²) in [7, 11) is 1.99. The summed E-state index contributed by atoms with van der Waals surface area (Å²) in [4.78, 5) is 13.1. The summed E-state index contributed by atoms with van der Waals surface area (Å²) in [5, 5.41) is 13.1. The van der Waals surface area contributed by atoms with Gasteiger partial charge in [0.1, 0.15) is 17.7 Å². The van der Waals surface area contributed by atoms with Crippen molar-refractivity contribution in [2.75, 3.05) is 24.6 Å². The van der Waals surface area contributed by atoms with Gasteiger partial charge in [-0.05, 0) is 30.3 Å². The molecule has 1 atom stereocenters. The number of halogens is 1. The molecule has 1 fully saturated rings. The van der Waals surface area contributed by atoms with Crippen LogP contribution in [0.2, 0.25) is 5.02 Å². The highest BCUT2D eigenvalue weighted by Gasteiger charge is 2.27. The van der Waals surface area contributed by atoms with Crippen molar-refractivity contribution in [3.05, 3.63) is 47.4 Å². The number of benzene rings is 1. The second kappa shape index (κ2) is 7.66. The van der Waals surface area contributed by atoms with Crippen molar-refractivity contribution in [2.45, 2.75) is 19.6 Å². The van der Waals surface area contributed by atoms with E-state index in [4.69, 9.17) is 21.3 Å². The zero-order valence-corrected chi connectivity index (χ0v) is 17.5. The first-order valence-corrected chi connectivity index (χ1v) is 10.2. The molecule has 4 aromatic rings. The Morgan fingerprint density at radius 3 is 2.93 bits per heavy atom. The molecule has 3 aromatic heterocycles. The Bertz CT molecular complexity index is 1200. The minimum Gasteiger partial charge on any atom is -0.366 e. The van der Waals surface area contributed by atoms with E-state index in [1.165, 1.54) is 0 Å². The third kappa shape index (κ3) is 3.29. The molecule has 4 heterocycles. The molecule has 1 aliphatic rings. The van der Waals surface area contributed by atoms with E-state index in [0.29, 0.717) is 30.5 Å². The van der Waals surface area contributed by atoms with Crippen LogP contribution in [-0.4, -0.2) is 54.4 Å². The fourth-order valence-electron chi connectivity index (χ4n) is 3.69. The molecule has 0 aliphatic carbocycles. The minimum atomic E-state index is -0.254. The summed E-state index contributed by atoms with van der Waals surface area (Å²) >= 11 is 6.52. The number of para-hydroxylation sites is 2. The Morgan fingerprint density at radius 2 is 2.13 bits per heavy atom. The number of rotatable bonds is 4. The Labute approximate surface area is 178 Å². The van der Waals surface area contributed by atoms with Gasteiger partial charge in [-0.1, -0.05) is 23.7 Å². The molecule has 1 saturated heterocycles. The molecule has 10 heteroatoms. The predicted octanol–water partition coefficient (Wildman–Crippen LogP) is 2.87. The summed E-state index contributed by atoms with van der Waals surface area (Å²) in [5.74, 6) is 2.21. The van der Waals surface area contributed by atoms with E-state index in [2.05, 4.69) is 29.9 Å². The summed E-state index contributed by atoms with van der Waals surface area (Å²) in [6, 6.07) is 10.0. The molecule has 30 heavy (non-hydrogen) atoms. The highest BCUT2D eigenvalue weighted by atomic mass is 35.5. The van der Waals surface area contributed by atoms with Crippen LogP contribution in [0.3, 0.4) is 0 Å². The molecule has 154 valence electrons. The molecule has 1 unspecified atom stereocenters. The van der Waals surface area contributed by atoms with E-state index in [9.17, 15) is 0 Å². The molecule has 1 aromatic carbocycles. The zero-order chi connectivity index (χ0) is 20.7. The van der Waals surface area contributed by atoms with Gasteiger partial charge >= 0.3 is 0 Å². The van der Waals surface area contributed by atoms with Crippen LogP contribution >= 0.6 is 11.6 Å². The van der Waals surface area contributed by atoms with Gasteiger partial charge in [-0.25, -0.2) is 9.97 Å². The van der Waals surface area contributed by atoms with Crippen molar-refractivity contribution in [2.24, 2.45) is 7.05 Å². The molecule has 0 radical (unpaired) electrons. The Kier molecular flexibility index (Phi) is 4.84. The number of imidazole rings is 1. The molecule has 1 aliphatic heterocycles. The Morgan fingerprint density at radius 1 is 1.27 bits per heavy atom. The number of hydrogen-bond donors (Lipinski definition) is 0. The predicted molar refractivity (Wildman–Crippen MR) is 113 cm³/mol. The van der Waals surface area contributed by atoms with Crippen LogP contribution in [0.15, 0.2) is 36.5 Å². The molecular formula is C20H21ClN8O. The average Bonchev–Trinajstić information content (AvgIpc) is 3.39. The van der Waals surface area contributed by atoms with Gasteiger partial charge in [-0.15, -0.1) is 10.2 Å². The summed E-state index contributed by atoms with van der Waals surface area (Å²) in [6.45, 7) is 4.50. The van der Waals surface area contributed by atoms with Gasteiger partial charge < -0.3 is 14.2 Å². The van der Waals surface area contributed by atoms with Crippen LogP contribution in [0, 0.1) is 0 Å². The fraction of sp³-hybridized carbons (Fsp3) is 0.350. The largest absolute Gasteiger partial charge is 0.366 e. The molecular weight excluding hydrogens is 404 g/mol. The standard InChI is InChI=1S/C20H21ClN8O/c1-3-29-25-19(24-26-29)17-12-28(8-9-30-17)18-10-13(14(21)11-22-18)20-23-15-6-4-5-7-16(15)27(20)2/h4-7,10-11,17H,3,8-9,12H2,1-2H3. The van der Waals surface area contributed by atoms with Crippen molar-refractivity contribution in [3.8, 4) is 11.4 Å². The highest BCUT2D eigenvalue weighted by molar-refractivity contribution is 6.33. The van der Waals surface area contributed by atoms with Crippen LogP contribution in [0.1, 0.15) is 18.9 Å². The number of aryl methyl sites for hydroxylation is 2. The normalized spacial score (nSPS) is 17.0.